The Morgan fingerprint density at radius 2 is 2.08 bits per heavy atom. The van der Waals surface area contributed by atoms with Crippen molar-refractivity contribution in [1.82, 2.24) is 20.3 Å². The molecule has 1 amide bonds. The smallest absolute Gasteiger partial charge is 0.338 e. The number of aromatic nitrogens is 3. The number of anilines is 1. The van der Waals surface area contributed by atoms with Crippen LogP contribution in [-0.4, -0.2) is 47.1 Å². The van der Waals surface area contributed by atoms with E-state index in [0.717, 1.165) is 31.5 Å². The van der Waals surface area contributed by atoms with Crippen molar-refractivity contribution in [3.8, 4) is 0 Å². The first kappa shape index (κ1) is 17.1. The van der Waals surface area contributed by atoms with Gasteiger partial charge in [-0.25, -0.2) is 9.48 Å². The van der Waals surface area contributed by atoms with Crippen LogP contribution >= 0.6 is 0 Å². The Labute approximate surface area is 145 Å². The Hall–Kier alpha value is -2.74. The van der Waals surface area contributed by atoms with Gasteiger partial charge in [0.15, 0.2) is 5.69 Å². The Bertz CT molecular complexity index is 780. The second-order valence-corrected chi connectivity index (χ2v) is 6.04. The molecule has 1 aliphatic heterocycles. The van der Waals surface area contributed by atoms with E-state index in [1.807, 2.05) is 0 Å². The molecule has 25 heavy (non-hydrogen) atoms. The lowest BCUT2D eigenvalue weighted by molar-refractivity contribution is 0.0600. The van der Waals surface area contributed by atoms with Crippen LogP contribution in [0.4, 0.5) is 5.69 Å². The van der Waals surface area contributed by atoms with E-state index in [0.29, 0.717) is 11.3 Å². The maximum atomic E-state index is 12.4. The monoisotopic (exact) mass is 343 g/mol. The number of ether oxygens (including phenoxy) is 1. The zero-order valence-electron chi connectivity index (χ0n) is 14.3. The van der Waals surface area contributed by atoms with Crippen molar-refractivity contribution in [3.05, 3.63) is 41.2 Å². The lowest BCUT2D eigenvalue weighted by atomic mass is 10.1. The Balaban J connectivity index is 1.69. The average molecular weight is 343 g/mol. The molecule has 8 heteroatoms. The summed E-state index contributed by atoms with van der Waals surface area (Å²) in [5, 5.41) is 14.1. The van der Waals surface area contributed by atoms with Crippen molar-refractivity contribution in [1.29, 1.82) is 0 Å². The van der Waals surface area contributed by atoms with Crippen LogP contribution in [0.25, 0.3) is 0 Å². The number of aryl methyl sites for hydroxylation is 1. The molecular weight excluding hydrogens is 322 g/mol. The van der Waals surface area contributed by atoms with E-state index in [9.17, 15) is 9.59 Å². The molecule has 3 rings (SSSR count). The quantitative estimate of drug-likeness (QED) is 0.818. The highest BCUT2D eigenvalue weighted by molar-refractivity contribution is 6.03. The van der Waals surface area contributed by atoms with Crippen LogP contribution in [0.15, 0.2) is 24.4 Å². The third-order valence-corrected chi connectivity index (χ3v) is 4.32. The van der Waals surface area contributed by atoms with E-state index in [1.165, 1.54) is 7.11 Å². The van der Waals surface area contributed by atoms with Gasteiger partial charge < -0.3 is 15.4 Å². The van der Waals surface area contributed by atoms with Crippen LogP contribution in [0.2, 0.25) is 0 Å². The average Bonchev–Trinajstić information content (AvgIpc) is 3.12. The van der Waals surface area contributed by atoms with Gasteiger partial charge in [0.2, 0.25) is 0 Å². The van der Waals surface area contributed by atoms with Gasteiger partial charge in [0.1, 0.15) is 0 Å². The van der Waals surface area contributed by atoms with Crippen LogP contribution in [0, 0.1) is 6.92 Å². The SMILES string of the molecule is COC(=O)c1ccc(NC(=O)c2cn(C3CCNCC3)nn2)cc1C. The van der Waals surface area contributed by atoms with E-state index < -0.39 is 5.97 Å². The molecule has 1 aromatic heterocycles. The molecule has 1 aromatic carbocycles. The van der Waals surface area contributed by atoms with Crippen LogP contribution in [0.3, 0.4) is 0 Å². The summed E-state index contributed by atoms with van der Waals surface area (Å²) in [6.45, 7) is 3.67. The van der Waals surface area contributed by atoms with E-state index in [4.69, 9.17) is 4.74 Å². The van der Waals surface area contributed by atoms with Gasteiger partial charge in [0.05, 0.1) is 24.9 Å². The van der Waals surface area contributed by atoms with Gasteiger partial charge in [-0.2, -0.15) is 0 Å². The lowest BCUT2D eigenvalue weighted by Crippen LogP contribution is -2.29. The maximum absolute atomic E-state index is 12.4. The molecule has 0 radical (unpaired) electrons. The molecule has 2 heterocycles. The molecule has 0 spiro atoms. The molecule has 0 aliphatic carbocycles. The van der Waals surface area contributed by atoms with Gasteiger partial charge in [-0.3, -0.25) is 4.79 Å². The second-order valence-electron chi connectivity index (χ2n) is 6.04. The van der Waals surface area contributed by atoms with Gasteiger partial charge in [0.25, 0.3) is 5.91 Å². The van der Waals surface area contributed by atoms with Crippen LogP contribution in [0.1, 0.15) is 45.3 Å². The summed E-state index contributed by atoms with van der Waals surface area (Å²) in [5.74, 6) is -0.731. The number of amides is 1. The molecule has 0 saturated carbocycles. The molecule has 0 unspecified atom stereocenters. The number of esters is 1. The standard InChI is InChI=1S/C17H21N5O3/c1-11-9-12(3-4-14(11)17(24)25-2)19-16(23)15-10-22(21-20-15)13-5-7-18-8-6-13/h3-4,9-10,13,18H,5-8H2,1-2H3,(H,19,23). The van der Waals surface area contributed by atoms with Crippen LogP contribution < -0.4 is 10.6 Å². The predicted octanol–water partition coefficient (Wildman–Crippen LogP) is 1.55. The van der Waals surface area contributed by atoms with E-state index in [1.54, 1.807) is 36.0 Å². The molecule has 1 aliphatic rings. The summed E-state index contributed by atoms with van der Waals surface area (Å²) in [5.41, 5.74) is 2.06. The number of methoxy groups -OCH3 is 1. The fraction of sp³-hybridized carbons (Fsp3) is 0.412. The second kappa shape index (κ2) is 7.43. The molecule has 0 bridgehead atoms. The number of hydrogen-bond donors (Lipinski definition) is 2. The van der Waals surface area contributed by atoms with Gasteiger partial charge in [-0.1, -0.05) is 5.21 Å². The first-order valence-electron chi connectivity index (χ1n) is 8.21. The van der Waals surface area contributed by atoms with Crippen molar-refractivity contribution in [2.24, 2.45) is 0 Å². The minimum absolute atomic E-state index is 0.272. The number of hydrogen-bond acceptors (Lipinski definition) is 6. The summed E-state index contributed by atoms with van der Waals surface area (Å²) >= 11 is 0. The van der Waals surface area contributed by atoms with Crippen molar-refractivity contribution in [2.45, 2.75) is 25.8 Å². The molecule has 132 valence electrons. The van der Waals surface area contributed by atoms with Crippen molar-refractivity contribution < 1.29 is 14.3 Å². The summed E-state index contributed by atoms with van der Waals surface area (Å²) in [7, 11) is 1.34. The number of carbonyl (C=O) groups excluding carboxylic acids is 2. The summed E-state index contributed by atoms with van der Waals surface area (Å²) in [6, 6.07) is 5.29. The molecular formula is C17H21N5O3. The molecule has 0 atom stereocenters. The Morgan fingerprint density at radius 3 is 2.76 bits per heavy atom. The third-order valence-electron chi connectivity index (χ3n) is 4.32. The number of piperidine rings is 1. The number of carbonyl (C=O) groups is 2. The minimum Gasteiger partial charge on any atom is -0.465 e. The fourth-order valence-electron chi connectivity index (χ4n) is 2.91. The Kier molecular flexibility index (Phi) is 5.08. The van der Waals surface area contributed by atoms with Crippen LogP contribution in [0.5, 0.6) is 0 Å². The van der Waals surface area contributed by atoms with E-state index in [2.05, 4.69) is 20.9 Å². The number of rotatable bonds is 4. The third kappa shape index (κ3) is 3.85. The van der Waals surface area contributed by atoms with Crippen LogP contribution in [-0.2, 0) is 4.74 Å². The molecule has 8 nitrogen and oxygen atoms in total. The highest BCUT2D eigenvalue weighted by Gasteiger charge is 2.19. The van der Waals surface area contributed by atoms with E-state index in [-0.39, 0.29) is 17.6 Å². The van der Waals surface area contributed by atoms with Gasteiger partial charge in [-0.15, -0.1) is 5.10 Å². The Morgan fingerprint density at radius 1 is 1.32 bits per heavy atom. The molecule has 1 saturated heterocycles. The lowest BCUT2D eigenvalue weighted by Gasteiger charge is -2.22. The zero-order valence-corrected chi connectivity index (χ0v) is 14.3. The van der Waals surface area contributed by atoms with Gasteiger partial charge >= 0.3 is 5.97 Å². The number of benzene rings is 1. The highest BCUT2D eigenvalue weighted by Crippen LogP contribution is 2.19. The summed E-state index contributed by atoms with van der Waals surface area (Å²) < 4.78 is 6.48. The van der Waals surface area contributed by atoms with Gasteiger partial charge in [0, 0.05) is 5.69 Å². The highest BCUT2D eigenvalue weighted by atomic mass is 16.5. The number of nitrogens with zero attached hydrogens (tertiary/aromatic N) is 3. The van der Waals surface area contributed by atoms with Gasteiger partial charge in [-0.05, 0) is 56.6 Å². The molecule has 2 N–H and O–H groups in total. The maximum Gasteiger partial charge on any atom is 0.338 e. The van der Waals surface area contributed by atoms with Crippen molar-refractivity contribution in [3.63, 3.8) is 0 Å². The normalized spacial score (nSPS) is 15.0. The summed E-state index contributed by atoms with van der Waals surface area (Å²) in [4.78, 5) is 24.0. The zero-order chi connectivity index (χ0) is 17.8. The first-order valence-corrected chi connectivity index (χ1v) is 8.21. The topological polar surface area (TPSA) is 98.1 Å². The summed E-state index contributed by atoms with van der Waals surface area (Å²) in [6.07, 6.45) is 3.62. The van der Waals surface area contributed by atoms with Crippen molar-refractivity contribution in [2.75, 3.05) is 25.5 Å². The molecule has 1 fully saturated rings. The predicted molar refractivity (Wildman–Crippen MR) is 91.6 cm³/mol. The largest absolute Gasteiger partial charge is 0.465 e. The minimum atomic E-state index is -0.403. The fourth-order valence-corrected chi connectivity index (χ4v) is 2.91. The molecule has 2 aromatic rings. The number of nitrogens with one attached hydrogen (secondary N) is 2. The first-order chi connectivity index (χ1) is 12.1. The van der Waals surface area contributed by atoms with Crippen molar-refractivity contribution >= 4 is 17.6 Å². The van der Waals surface area contributed by atoms with E-state index >= 15 is 0 Å².